The van der Waals surface area contributed by atoms with E-state index in [1.807, 2.05) is 0 Å². The molecule has 0 aromatic heterocycles. The van der Waals surface area contributed by atoms with E-state index in [0.29, 0.717) is 19.1 Å². The maximum atomic E-state index is 12.3. The highest BCUT2D eigenvalue weighted by Gasteiger charge is 2.31. The summed E-state index contributed by atoms with van der Waals surface area (Å²) in [6.45, 7) is 7.57. The summed E-state index contributed by atoms with van der Waals surface area (Å²) in [6.07, 6.45) is 18.2. The van der Waals surface area contributed by atoms with Crippen molar-refractivity contribution in [3.05, 3.63) is 0 Å². The fraction of sp³-hybridized carbons (Fsp3) is 0.923. The molecule has 0 aliphatic heterocycles. The van der Waals surface area contributed by atoms with Gasteiger partial charge in [-0.1, -0.05) is 85.0 Å². The molecule has 0 atom stereocenters. The highest BCUT2D eigenvalue weighted by molar-refractivity contribution is 5.75. The Morgan fingerprint density at radius 3 is 1.50 bits per heavy atom. The van der Waals surface area contributed by atoms with Crippen LogP contribution in [0.15, 0.2) is 0 Å². The van der Waals surface area contributed by atoms with Crippen LogP contribution in [-0.4, -0.2) is 25.2 Å². The molecule has 0 aromatic rings. The zero-order valence-electron chi connectivity index (χ0n) is 20.1. The van der Waals surface area contributed by atoms with Gasteiger partial charge in [0.25, 0.3) is 0 Å². The molecule has 0 radical (unpaired) electrons. The Labute approximate surface area is 185 Å². The zero-order chi connectivity index (χ0) is 22.0. The lowest BCUT2D eigenvalue weighted by molar-refractivity contribution is -0.155. The van der Waals surface area contributed by atoms with Crippen molar-refractivity contribution in [3.63, 3.8) is 0 Å². The molecule has 0 unspecified atom stereocenters. The first-order valence-electron chi connectivity index (χ1n) is 12.9. The van der Waals surface area contributed by atoms with Crippen molar-refractivity contribution in [2.75, 3.05) is 13.2 Å². The maximum absolute atomic E-state index is 12.3. The number of unbranched alkanes of at least 4 members (excludes halogenated alkanes) is 10. The van der Waals surface area contributed by atoms with E-state index in [4.69, 9.17) is 9.47 Å². The summed E-state index contributed by atoms with van der Waals surface area (Å²) in [7, 11) is 0. The van der Waals surface area contributed by atoms with Crippen molar-refractivity contribution < 1.29 is 19.1 Å². The summed E-state index contributed by atoms with van der Waals surface area (Å²) in [6, 6.07) is 0. The summed E-state index contributed by atoms with van der Waals surface area (Å²) < 4.78 is 10.9. The van der Waals surface area contributed by atoms with Crippen LogP contribution in [0.25, 0.3) is 0 Å². The predicted octanol–water partition coefficient (Wildman–Crippen LogP) is 7.24. The molecule has 1 rings (SSSR count). The molecule has 0 amide bonds. The van der Waals surface area contributed by atoms with Gasteiger partial charge in [0.15, 0.2) is 0 Å². The zero-order valence-corrected chi connectivity index (χ0v) is 20.1. The normalized spacial score (nSPS) is 19.1. The quantitative estimate of drug-likeness (QED) is 0.182. The van der Waals surface area contributed by atoms with Crippen molar-refractivity contribution in [1.29, 1.82) is 0 Å². The molecule has 1 aliphatic carbocycles. The molecule has 4 heteroatoms. The summed E-state index contributed by atoms with van der Waals surface area (Å²) in [5.41, 5.74) is 0. The minimum absolute atomic E-state index is 0.0302. The Balaban J connectivity index is 1.96. The first kappa shape index (κ1) is 27.0. The molecule has 0 spiro atoms. The Bertz CT molecular complexity index is 438. The minimum Gasteiger partial charge on any atom is -0.465 e. The first-order chi connectivity index (χ1) is 14.5. The summed E-state index contributed by atoms with van der Waals surface area (Å²) in [5, 5.41) is 0. The number of carbonyl (C=O) groups excluding carboxylic acids is 2. The number of esters is 2. The molecule has 4 nitrogen and oxygen atoms in total. The van der Waals surface area contributed by atoms with Gasteiger partial charge < -0.3 is 9.47 Å². The number of carbonyl (C=O) groups is 2. The fourth-order valence-electron chi connectivity index (χ4n) is 4.13. The molecule has 1 saturated carbocycles. The minimum atomic E-state index is -0.0802. The SMILES string of the molecule is CCCCCCCCCCCCCOC(=O)C1CCC(C(=O)OCCC(C)C)CC1. The van der Waals surface area contributed by atoms with Crippen LogP contribution in [0.4, 0.5) is 0 Å². The van der Waals surface area contributed by atoms with Gasteiger partial charge in [-0.2, -0.15) is 0 Å². The molecule has 0 N–H and O–H groups in total. The van der Waals surface area contributed by atoms with Crippen molar-refractivity contribution >= 4 is 11.9 Å². The van der Waals surface area contributed by atoms with Gasteiger partial charge in [0.05, 0.1) is 25.0 Å². The lowest BCUT2D eigenvalue weighted by Gasteiger charge is -2.26. The van der Waals surface area contributed by atoms with Crippen molar-refractivity contribution in [1.82, 2.24) is 0 Å². The third kappa shape index (κ3) is 13.3. The van der Waals surface area contributed by atoms with Crippen LogP contribution in [0.2, 0.25) is 0 Å². The lowest BCUT2D eigenvalue weighted by Crippen LogP contribution is -2.28. The molecule has 0 saturated heterocycles. The summed E-state index contributed by atoms with van der Waals surface area (Å²) in [5.74, 6) is 0.339. The van der Waals surface area contributed by atoms with Gasteiger partial charge in [-0.3, -0.25) is 9.59 Å². The van der Waals surface area contributed by atoms with Crippen LogP contribution >= 0.6 is 0 Å². The molecule has 30 heavy (non-hydrogen) atoms. The second-order valence-corrected chi connectivity index (χ2v) is 9.60. The molecule has 1 aliphatic rings. The van der Waals surface area contributed by atoms with Gasteiger partial charge in [0.1, 0.15) is 0 Å². The summed E-state index contributed by atoms with van der Waals surface area (Å²) in [4.78, 5) is 24.4. The molecule has 0 heterocycles. The second-order valence-electron chi connectivity index (χ2n) is 9.60. The van der Waals surface area contributed by atoms with Crippen molar-refractivity contribution in [2.45, 2.75) is 124 Å². The van der Waals surface area contributed by atoms with Crippen LogP contribution in [0.3, 0.4) is 0 Å². The summed E-state index contributed by atoms with van der Waals surface area (Å²) >= 11 is 0. The van der Waals surface area contributed by atoms with Gasteiger partial charge in [-0.05, 0) is 44.4 Å². The topological polar surface area (TPSA) is 52.6 Å². The van der Waals surface area contributed by atoms with E-state index in [-0.39, 0.29) is 23.8 Å². The van der Waals surface area contributed by atoms with Crippen LogP contribution in [0.5, 0.6) is 0 Å². The van der Waals surface area contributed by atoms with Crippen LogP contribution in [0.1, 0.15) is 124 Å². The fourth-order valence-corrected chi connectivity index (χ4v) is 4.13. The molecule has 0 aromatic carbocycles. The Morgan fingerprint density at radius 1 is 0.667 bits per heavy atom. The third-order valence-corrected chi connectivity index (χ3v) is 6.33. The number of ether oxygens (including phenoxy) is 2. The van der Waals surface area contributed by atoms with E-state index < -0.39 is 0 Å². The standard InChI is InChI=1S/C26H48O4/c1-4-5-6-7-8-9-10-11-12-13-14-20-29-25(27)23-15-17-24(18-16-23)26(28)30-21-19-22(2)3/h22-24H,4-21H2,1-3H3. The van der Waals surface area contributed by atoms with Gasteiger partial charge >= 0.3 is 11.9 Å². The third-order valence-electron chi connectivity index (χ3n) is 6.33. The highest BCUT2D eigenvalue weighted by atomic mass is 16.5. The van der Waals surface area contributed by atoms with Crippen LogP contribution in [-0.2, 0) is 19.1 Å². The van der Waals surface area contributed by atoms with Gasteiger partial charge in [-0.15, -0.1) is 0 Å². The van der Waals surface area contributed by atoms with E-state index in [1.165, 1.54) is 57.8 Å². The number of hydrogen-bond donors (Lipinski definition) is 0. The average molecular weight is 425 g/mol. The lowest BCUT2D eigenvalue weighted by atomic mass is 9.82. The number of rotatable bonds is 17. The van der Waals surface area contributed by atoms with E-state index in [9.17, 15) is 9.59 Å². The van der Waals surface area contributed by atoms with Crippen LogP contribution < -0.4 is 0 Å². The molecule has 0 bridgehead atoms. The maximum Gasteiger partial charge on any atom is 0.308 e. The molecule has 176 valence electrons. The van der Waals surface area contributed by atoms with E-state index in [1.54, 1.807) is 0 Å². The number of hydrogen-bond acceptors (Lipinski definition) is 4. The largest absolute Gasteiger partial charge is 0.465 e. The molecular formula is C26H48O4. The van der Waals surface area contributed by atoms with E-state index in [2.05, 4.69) is 20.8 Å². The van der Waals surface area contributed by atoms with Crippen molar-refractivity contribution in [2.24, 2.45) is 17.8 Å². The highest BCUT2D eigenvalue weighted by Crippen LogP contribution is 2.30. The van der Waals surface area contributed by atoms with Gasteiger partial charge in [0.2, 0.25) is 0 Å². The Morgan fingerprint density at radius 2 is 1.07 bits per heavy atom. The van der Waals surface area contributed by atoms with E-state index >= 15 is 0 Å². The van der Waals surface area contributed by atoms with Gasteiger partial charge in [0, 0.05) is 0 Å². The second kappa shape index (κ2) is 17.6. The Kier molecular flexibility index (Phi) is 15.8. The molecule has 1 fully saturated rings. The smallest absolute Gasteiger partial charge is 0.308 e. The molecular weight excluding hydrogens is 376 g/mol. The van der Waals surface area contributed by atoms with Crippen molar-refractivity contribution in [3.8, 4) is 0 Å². The predicted molar refractivity (Wildman–Crippen MR) is 123 cm³/mol. The van der Waals surface area contributed by atoms with Crippen LogP contribution in [0, 0.1) is 17.8 Å². The monoisotopic (exact) mass is 424 g/mol. The average Bonchev–Trinajstić information content (AvgIpc) is 2.74. The van der Waals surface area contributed by atoms with E-state index in [0.717, 1.165) is 44.9 Å². The first-order valence-corrected chi connectivity index (χ1v) is 12.9. The Hall–Kier alpha value is -1.06. The van der Waals surface area contributed by atoms with Gasteiger partial charge in [-0.25, -0.2) is 0 Å².